The molecule has 0 radical (unpaired) electrons. The summed E-state index contributed by atoms with van der Waals surface area (Å²) in [6, 6.07) is 10.2. The molecule has 0 unspecified atom stereocenters. The third-order valence-corrected chi connectivity index (χ3v) is 6.94. The van der Waals surface area contributed by atoms with Crippen LogP contribution in [-0.4, -0.2) is 50.6 Å². The average Bonchev–Trinajstić information content (AvgIpc) is 2.74. The van der Waals surface area contributed by atoms with E-state index in [0.29, 0.717) is 11.5 Å². The molecule has 0 atom stereocenters. The first-order chi connectivity index (χ1) is 14.3. The minimum Gasteiger partial charge on any atom is -0.294 e. The molecule has 0 spiro atoms. The average molecular weight is 451 g/mol. The summed E-state index contributed by atoms with van der Waals surface area (Å²) < 4.78 is 24.9. The van der Waals surface area contributed by atoms with E-state index in [9.17, 15) is 13.2 Å². The molecule has 0 fully saturated rings. The molecule has 2 rings (SSSR count). The van der Waals surface area contributed by atoms with Crippen LogP contribution in [0.1, 0.15) is 49.4 Å². The summed E-state index contributed by atoms with van der Waals surface area (Å²) in [6.45, 7) is 2.20. The highest BCUT2D eigenvalue weighted by Crippen LogP contribution is 2.25. The van der Waals surface area contributed by atoms with Crippen LogP contribution in [0.5, 0.6) is 0 Å². The molecule has 0 saturated carbocycles. The summed E-state index contributed by atoms with van der Waals surface area (Å²) in [4.78, 5) is 14.4. The lowest BCUT2D eigenvalue weighted by molar-refractivity contribution is 0.0992. The second-order valence-electron chi connectivity index (χ2n) is 7.10. The molecule has 9 heteroatoms. The number of thioether (sulfide) groups is 1. The quantitative estimate of drug-likeness (QED) is 0.377. The van der Waals surface area contributed by atoms with Gasteiger partial charge < -0.3 is 0 Å². The molecule has 0 bridgehead atoms. The van der Waals surface area contributed by atoms with Crippen molar-refractivity contribution < 1.29 is 13.2 Å². The topological polar surface area (TPSA) is 83.5 Å². The highest BCUT2D eigenvalue weighted by molar-refractivity contribution is 7.99. The van der Waals surface area contributed by atoms with Crippen LogP contribution in [0.3, 0.4) is 0 Å². The van der Waals surface area contributed by atoms with Gasteiger partial charge in [0.25, 0.3) is 5.91 Å². The normalized spacial score (nSPS) is 11.3. The SMILES string of the molecule is CCCCCCCSc1ccc(N(C)C(=O)c2ccccc2N(C)S(C)(=O)=O)nn1. The van der Waals surface area contributed by atoms with E-state index in [4.69, 9.17) is 0 Å². The van der Waals surface area contributed by atoms with Gasteiger partial charge in [-0.15, -0.1) is 22.0 Å². The summed E-state index contributed by atoms with van der Waals surface area (Å²) >= 11 is 1.66. The Morgan fingerprint density at radius 3 is 2.33 bits per heavy atom. The lowest BCUT2D eigenvalue weighted by atomic mass is 10.1. The Morgan fingerprint density at radius 2 is 1.70 bits per heavy atom. The Morgan fingerprint density at radius 1 is 1.00 bits per heavy atom. The summed E-state index contributed by atoms with van der Waals surface area (Å²) in [6.07, 6.45) is 7.26. The van der Waals surface area contributed by atoms with Crippen LogP contribution >= 0.6 is 11.8 Å². The molecule has 1 heterocycles. The zero-order valence-electron chi connectivity index (χ0n) is 18.0. The number of amides is 1. The van der Waals surface area contributed by atoms with Crippen molar-refractivity contribution in [2.75, 3.05) is 35.3 Å². The van der Waals surface area contributed by atoms with Crippen molar-refractivity contribution in [3.05, 3.63) is 42.0 Å². The molecule has 1 aromatic carbocycles. The number of para-hydroxylation sites is 1. The number of anilines is 2. The number of rotatable bonds is 11. The minimum atomic E-state index is -3.49. The fourth-order valence-electron chi connectivity index (χ4n) is 2.84. The van der Waals surface area contributed by atoms with Crippen LogP contribution in [0.2, 0.25) is 0 Å². The van der Waals surface area contributed by atoms with Gasteiger partial charge in [0.15, 0.2) is 5.82 Å². The van der Waals surface area contributed by atoms with Gasteiger partial charge in [0.05, 0.1) is 17.5 Å². The second kappa shape index (κ2) is 11.3. The Kier molecular flexibility index (Phi) is 9.10. The monoisotopic (exact) mass is 450 g/mol. The van der Waals surface area contributed by atoms with Crippen LogP contribution in [0.4, 0.5) is 11.5 Å². The number of carbonyl (C=O) groups is 1. The van der Waals surface area contributed by atoms with Crippen LogP contribution in [0.25, 0.3) is 0 Å². The molecule has 0 N–H and O–H groups in total. The Hall–Kier alpha value is -2.13. The standard InChI is InChI=1S/C21H30N4O3S2/c1-5-6-7-8-11-16-29-20-15-14-19(22-23-20)24(2)21(26)17-12-9-10-13-18(17)25(3)30(4,27)28/h9-10,12-15H,5-8,11,16H2,1-4H3. The van der Waals surface area contributed by atoms with Gasteiger partial charge in [0.2, 0.25) is 10.0 Å². The smallest absolute Gasteiger partial charge is 0.261 e. The lowest BCUT2D eigenvalue weighted by Crippen LogP contribution is -2.31. The van der Waals surface area contributed by atoms with E-state index in [0.717, 1.165) is 27.8 Å². The molecular weight excluding hydrogens is 420 g/mol. The zero-order chi connectivity index (χ0) is 22.1. The molecule has 0 aliphatic rings. The number of aromatic nitrogens is 2. The van der Waals surface area contributed by atoms with Crippen LogP contribution < -0.4 is 9.21 Å². The van der Waals surface area contributed by atoms with E-state index in [1.807, 2.05) is 6.07 Å². The minimum absolute atomic E-state index is 0.278. The van der Waals surface area contributed by atoms with E-state index in [1.165, 1.54) is 37.6 Å². The Labute approximate surface area is 183 Å². The molecular formula is C21H30N4O3S2. The number of hydrogen-bond donors (Lipinski definition) is 0. The number of unbranched alkanes of at least 4 members (excludes halogenated alkanes) is 4. The van der Waals surface area contributed by atoms with Crippen molar-refractivity contribution in [2.24, 2.45) is 0 Å². The van der Waals surface area contributed by atoms with E-state index < -0.39 is 10.0 Å². The fraction of sp³-hybridized carbons (Fsp3) is 0.476. The van der Waals surface area contributed by atoms with Crippen molar-refractivity contribution in [2.45, 2.75) is 44.1 Å². The lowest BCUT2D eigenvalue weighted by Gasteiger charge is -2.22. The molecule has 164 valence electrons. The van der Waals surface area contributed by atoms with Gasteiger partial charge in [-0.05, 0) is 36.4 Å². The number of benzene rings is 1. The summed E-state index contributed by atoms with van der Waals surface area (Å²) in [5.41, 5.74) is 0.598. The highest BCUT2D eigenvalue weighted by atomic mass is 32.2. The molecule has 7 nitrogen and oxygen atoms in total. The van der Waals surface area contributed by atoms with Gasteiger partial charge in [0.1, 0.15) is 5.03 Å². The van der Waals surface area contributed by atoms with Gasteiger partial charge in [-0.3, -0.25) is 14.0 Å². The predicted molar refractivity (Wildman–Crippen MR) is 124 cm³/mol. The van der Waals surface area contributed by atoms with Crippen molar-refractivity contribution in [1.82, 2.24) is 10.2 Å². The van der Waals surface area contributed by atoms with Crippen molar-refractivity contribution in [3.8, 4) is 0 Å². The van der Waals surface area contributed by atoms with Crippen LogP contribution in [0.15, 0.2) is 41.4 Å². The maximum atomic E-state index is 13.0. The maximum absolute atomic E-state index is 13.0. The molecule has 1 amide bonds. The number of hydrogen-bond acceptors (Lipinski definition) is 6. The second-order valence-corrected chi connectivity index (χ2v) is 10.2. The van der Waals surface area contributed by atoms with E-state index in [1.54, 1.807) is 49.1 Å². The van der Waals surface area contributed by atoms with E-state index >= 15 is 0 Å². The highest BCUT2D eigenvalue weighted by Gasteiger charge is 2.23. The van der Waals surface area contributed by atoms with Gasteiger partial charge in [-0.25, -0.2) is 8.42 Å². The van der Waals surface area contributed by atoms with Gasteiger partial charge in [-0.1, -0.05) is 44.7 Å². The largest absolute Gasteiger partial charge is 0.294 e. The molecule has 1 aromatic heterocycles. The fourth-order valence-corrected chi connectivity index (χ4v) is 4.18. The third kappa shape index (κ3) is 6.70. The van der Waals surface area contributed by atoms with E-state index in [2.05, 4.69) is 17.1 Å². The van der Waals surface area contributed by atoms with Crippen molar-refractivity contribution in [3.63, 3.8) is 0 Å². The number of sulfonamides is 1. The third-order valence-electron chi connectivity index (χ3n) is 4.74. The maximum Gasteiger partial charge on any atom is 0.261 e. The number of nitrogens with zero attached hydrogens (tertiary/aromatic N) is 4. The molecule has 0 aliphatic carbocycles. The molecule has 0 saturated heterocycles. The number of carbonyl (C=O) groups excluding carboxylic acids is 1. The van der Waals surface area contributed by atoms with Crippen molar-refractivity contribution >= 4 is 39.2 Å². The van der Waals surface area contributed by atoms with Gasteiger partial charge >= 0.3 is 0 Å². The van der Waals surface area contributed by atoms with Crippen LogP contribution in [0, 0.1) is 0 Å². The Bertz CT molecular complexity index is 934. The first-order valence-electron chi connectivity index (χ1n) is 10.0. The predicted octanol–water partition coefficient (Wildman–Crippen LogP) is 4.21. The van der Waals surface area contributed by atoms with Crippen molar-refractivity contribution in [1.29, 1.82) is 0 Å². The Balaban J connectivity index is 2.05. The van der Waals surface area contributed by atoms with Crippen LogP contribution in [-0.2, 0) is 10.0 Å². The summed E-state index contributed by atoms with van der Waals surface area (Å²) in [5, 5.41) is 9.22. The van der Waals surface area contributed by atoms with E-state index in [-0.39, 0.29) is 11.5 Å². The first kappa shape index (κ1) is 24.1. The van der Waals surface area contributed by atoms with Gasteiger partial charge in [0, 0.05) is 14.1 Å². The first-order valence-corrected chi connectivity index (χ1v) is 12.9. The zero-order valence-corrected chi connectivity index (χ0v) is 19.7. The molecule has 0 aliphatic heterocycles. The van der Waals surface area contributed by atoms with Gasteiger partial charge in [-0.2, -0.15) is 0 Å². The molecule has 30 heavy (non-hydrogen) atoms. The summed E-state index contributed by atoms with van der Waals surface area (Å²) in [5.74, 6) is 1.05. The molecule has 2 aromatic rings. The summed E-state index contributed by atoms with van der Waals surface area (Å²) in [7, 11) is -0.465.